The highest BCUT2D eigenvalue weighted by Crippen LogP contribution is 2.45. The topological polar surface area (TPSA) is 237 Å². The van der Waals surface area contributed by atoms with Crippen LogP contribution in [0.3, 0.4) is 0 Å². The second kappa shape index (κ2) is 70.1. The van der Waals surface area contributed by atoms with Gasteiger partial charge in [0.05, 0.1) is 26.4 Å². The number of carbonyl (C=O) groups excluding carboxylic acids is 4. The maximum atomic E-state index is 13.1. The van der Waals surface area contributed by atoms with Crippen LogP contribution in [0.5, 0.6) is 0 Å². The maximum absolute atomic E-state index is 13.1. The minimum atomic E-state index is -4.96. The number of rotatable bonds is 78. The predicted octanol–water partition coefficient (Wildman–Crippen LogP) is 24.0. The Morgan fingerprint density at radius 3 is 0.710 bits per heavy atom. The van der Waals surface area contributed by atoms with Crippen molar-refractivity contribution in [3.8, 4) is 0 Å². The molecule has 0 aromatic heterocycles. The number of ether oxygens (including phenoxy) is 4. The molecular weight excluding hydrogens is 1310 g/mol. The third-order valence-corrected chi connectivity index (χ3v) is 21.1. The smallest absolute Gasteiger partial charge is 0.462 e. The van der Waals surface area contributed by atoms with Crippen LogP contribution >= 0.6 is 15.6 Å². The van der Waals surface area contributed by atoms with Gasteiger partial charge in [-0.15, -0.1) is 0 Å². The van der Waals surface area contributed by atoms with E-state index >= 15 is 0 Å². The molecule has 0 heterocycles. The molecule has 594 valence electrons. The highest BCUT2D eigenvalue weighted by molar-refractivity contribution is 7.47. The highest BCUT2D eigenvalue weighted by Gasteiger charge is 2.30. The highest BCUT2D eigenvalue weighted by atomic mass is 31.2. The fraction of sp³-hybridized carbons (Fsp3) is 0.951. The number of phosphoric ester groups is 2. The molecule has 0 spiro atoms. The van der Waals surface area contributed by atoms with Crippen LogP contribution in [-0.2, 0) is 65.4 Å². The fourth-order valence-electron chi connectivity index (χ4n) is 12.4. The molecule has 0 saturated heterocycles. The summed E-state index contributed by atoms with van der Waals surface area (Å²) in [6.45, 7) is 14.3. The Labute approximate surface area is 613 Å². The van der Waals surface area contributed by atoms with Crippen LogP contribution in [-0.4, -0.2) is 96.7 Å². The molecule has 0 saturated carbocycles. The molecule has 6 atom stereocenters. The lowest BCUT2D eigenvalue weighted by Crippen LogP contribution is -2.30. The van der Waals surface area contributed by atoms with Crippen LogP contribution in [0.15, 0.2) is 0 Å². The number of aliphatic hydroxyl groups excluding tert-OH is 1. The van der Waals surface area contributed by atoms with Gasteiger partial charge in [0.1, 0.15) is 19.3 Å². The number of hydrogen-bond acceptors (Lipinski definition) is 15. The first kappa shape index (κ1) is 98.1. The lowest BCUT2D eigenvalue weighted by Gasteiger charge is -2.21. The molecule has 0 bridgehead atoms. The summed E-state index contributed by atoms with van der Waals surface area (Å²) >= 11 is 0. The molecule has 0 aromatic carbocycles. The zero-order chi connectivity index (χ0) is 73.8. The zero-order valence-corrected chi connectivity index (χ0v) is 67.6. The SMILES string of the molecule is CCC(C)CCCCCCCCC(=O)OC[C@H](COP(=O)(O)OC[C@H](O)COP(=O)(O)OC[C@@H](COC(=O)CCCCCCCCCCCCCCCCC(C)C)OC(=O)CCCCCCCCCCCCCCCC(C)C)OC(=O)CCCCCCCCCCCCCCCCC(C)C. The molecular formula is C81H158O17P2. The third-order valence-electron chi connectivity index (χ3n) is 19.2. The minimum absolute atomic E-state index is 0.106. The molecule has 0 rings (SSSR count). The summed E-state index contributed by atoms with van der Waals surface area (Å²) in [5.41, 5.74) is 0. The van der Waals surface area contributed by atoms with Gasteiger partial charge in [-0.3, -0.25) is 37.3 Å². The summed E-state index contributed by atoms with van der Waals surface area (Å²) in [6.07, 6.45) is 56.9. The number of unbranched alkanes of at least 4 members (excludes halogenated alkanes) is 43. The van der Waals surface area contributed by atoms with E-state index < -0.39 is 97.5 Å². The largest absolute Gasteiger partial charge is 0.472 e. The average Bonchev–Trinajstić information content (AvgIpc) is 0.934. The van der Waals surface area contributed by atoms with Crippen LogP contribution in [0.2, 0.25) is 0 Å². The van der Waals surface area contributed by atoms with Gasteiger partial charge in [0, 0.05) is 25.7 Å². The molecule has 0 fully saturated rings. The van der Waals surface area contributed by atoms with Gasteiger partial charge < -0.3 is 33.8 Å². The fourth-order valence-corrected chi connectivity index (χ4v) is 14.0. The summed E-state index contributed by atoms with van der Waals surface area (Å²) in [4.78, 5) is 73.0. The number of aliphatic hydroxyl groups is 1. The summed E-state index contributed by atoms with van der Waals surface area (Å²) in [7, 11) is -9.92. The molecule has 0 aromatic rings. The van der Waals surface area contributed by atoms with Crippen molar-refractivity contribution in [2.45, 2.75) is 433 Å². The normalized spacial score (nSPS) is 14.3. The van der Waals surface area contributed by atoms with Crippen LogP contribution < -0.4 is 0 Å². The van der Waals surface area contributed by atoms with E-state index in [-0.39, 0.29) is 25.7 Å². The molecule has 0 amide bonds. The second-order valence-corrected chi connectivity index (χ2v) is 33.7. The Morgan fingerprint density at radius 2 is 0.480 bits per heavy atom. The molecule has 100 heavy (non-hydrogen) atoms. The zero-order valence-electron chi connectivity index (χ0n) is 65.8. The molecule has 3 unspecified atom stereocenters. The van der Waals surface area contributed by atoms with Crippen molar-refractivity contribution in [2.24, 2.45) is 23.7 Å². The number of carbonyl (C=O) groups is 4. The van der Waals surface area contributed by atoms with Crippen molar-refractivity contribution < 1.29 is 80.2 Å². The van der Waals surface area contributed by atoms with Gasteiger partial charge in [-0.2, -0.15) is 0 Å². The Kier molecular flexibility index (Phi) is 68.7. The first-order valence-electron chi connectivity index (χ1n) is 41.7. The van der Waals surface area contributed by atoms with Crippen LogP contribution in [0.1, 0.15) is 415 Å². The summed E-state index contributed by atoms with van der Waals surface area (Å²) < 4.78 is 68.7. The van der Waals surface area contributed by atoms with Crippen LogP contribution in [0, 0.1) is 23.7 Å². The summed E-state index contributed by atoms with van der Waals surface area (Å²) in [5.74, 6) is 0.998. The minimum Gasteiger partial charge on any atom is -0.462 e. The standard InChI is InChI=1S/C81H158O17P2/c1-9-74(8)60-52-44-39-40-46-54-62-79(84)92-68-77(98-81(86)63-55-47-37-31-25-19-13-11-16-22-28-34-42-50-58-72(4)5)70-96-100(89,90)94-66-75(82)65-93-99(87,88)95-69-76(97-80(85)64-56-48-38-32-26-20-14-17-23-29-35-43-51-59-73(6)7)67-91-78(83)61-53-45-36-30-24-18-12-10-15-21-27-33-41-49-57-71(2)3/h71-77,82H,9-70H2,1-8H3,(H,87,88)(H,89,90)/t74?,75-,76-,77-/m1/s1. The van der Waals surface area contributed by atoms with Gasteiger partial charge in [0.2, 0.25) is 0 Å². The lowest BCUT2D eigenvalue weighted by molar-refractivity contribution is -0.161. The van der Waals surface area contributed by atoms with Crippen LogP contribution in [0.4, 0.5) is 0 Å². The Morgan fingerprint density at radius 1 is 0.280 bits per heavy atom. The molecule has 0 aliphatic carbocycles. The summed E-state index contributed by atoms with van der Waals surface area (Å²) in [6, 6.07) is 0. The van der Waals surface area contributed by atoms with E-state index in [1.54, 1.807) is 0 Å². The van der Waals surface area contributed by atoms with E-state index in [1.807, 2.05) is 0 Å². The molecule has 17 nitrogen and oxygen atoms in total. The van der Waals surface area contributed by atoms with Gasteiger partial charge in [-0.05, 0) is 49.4 Å². The molecule has 19 heteroatoms. The quantitative estimate of drug-likeness (QED) is 0.0222. The van der Waals surface area contributed by atoms with Gasteiger partial charge in [0.15, 0.2) is 12.2 Å². The van der Waals surface area contributed by atoms with E-state index in [0.717, 1.165) is 120 Å². The van der Waals surface area contributed by atoms with Crippen molar-refractivity contribution in [3.05, 3.63) is 0 Å². The van der Waals surface area contributed by atoms with Gasteiger partial charge >= 0.3 is 39.5 Å². The monoisotopic (exact) mass is 1470 g/mol. The van der Waals surface area contributed by atoms with Crippen molar-refractivity contribution in [1.82, 2.24) is 0 Å². The molecule has 0 radical (unpaired) electrons. The lowest BCUT2D eigenvalue weighted by atomic mass is 10.00. The number of hydrogen-bond donors (Lipinski definition) is 3. The van der Waals surface area contributed by atoms with Gasteiger partial charge in [0.25, 0.3) is 0 Å². The van der Waals surface area contributed by atoms with Crippen LogP contribution in [0.25, 0.3) is 0 Å². The van der Waals surface area contributed by atoms with E-state index in [0.29, 0.717) is 25.7 Å². The van der Waals surface area contributed by atoms with Crippen molar-refractivity contribution in [3.63, 3.8) is 0 Å². The number of phosphoric acid groups is 2. The molecule has 0 aliphatic rings. The Bertz CT molecular complexity index is 1960. The van der Waals surface area contributed by atoms with Crippen molar-refractivity contribution in [1.29, 1.82) is 0 Å². The summed E-state index contributed by atoms with van der Waals surface area (Å²) in [5, 5.41) is 10.6. The Hall–Kier alpha value is -1.94. The molecule has 0 aliphatic heterocycles. The Balaban J connectivity index is 5.25. The van der Waals surface area contributed by atoms with Gasteiger partial charge in [-0.1, -0.05) is 364 Å². The van der Waals surface area contributed by atoms with Gasteiger partial charge in [-0.25, -0.2) is 9.13 Å². The first-order chi connectivity index (χ1) is 48.1. The maximum Gasteiger partial charge on any atom is 0.472 e. The van der Waals surface area contributed by atoms with Crippen molar-refractivity contribution in [2.75, 3.05) is 39.6 Å². The molecule has 3 N–H and O–H groups in total. The van der Waals surface area contributed by atoms with Crippen molar-refractivity contribution >= 4 is 39.5 Å². The van der Waals surface area contributed by atoms with E-state index in [9.17, 15) is 43.2 Å². The average molecular weight is 1470 g/mol. The third kappa shape index (κ3) is 73.0. The van der Waals surface area contributed by atoms with E-state index in [2.05, 4.69) is 55.4 Å². The van der Waals surface area contributed by atoms with E-state index in [1.165, 1.54) is 212 Å². The predicted molar refractivity (Wildman–Crippen MR) is 409 cm³/mol. The second-order valence-electron chi connectivity index (χ2n) is 30.8. The van der Waals surface area contributed by atoms with E-state index in [4.69, 9.17) is 37.0 Å². The first-order valence-corrected chi connectivity index (χ1v) is 44.7. The number of esters is 4.